The summed E-state index contributed by atoms with van der Waals surface area (Å²) in [5.74, 6) is 0. The van der Waals surface area contributed by atoms with E-state index < -0.39 is 0 Å². The third-order valence-corrected chi connectivity index (χ3v) is 4.65. The Labute approximate surface area is 143 Å². The maximum absolute atomic E-state index is 13.3. The Morgan fingerprint density at radius 3 is 2.36 bits per heavy atom. The minimum Gasteiger partial charge on any atom is -0.267 e. The summed E-state index contributed by atoms with van der Waals surface area (Å²) in [5.41, 5.74) is 4.31. The monoisotopic (exact) mass is 325 g/mol. The zero-order valence-corrected chi connectivity index (χ0v) is 13.7. The molecule has 0 spiro atoms. The van der Waals surface area contributed by atoms with Crippen molar-refractivity contribution in [2.45, 2.75) is 6.92 Å². The van der Waals surface area contributed by atoms with E-state index in [0.717, 1.165) is 27.7 Å². The third kappa shape index (κ3) is 1.88. The van der Waals surface area contributed by atoms with E-state index >= 15 is 0 Å². The molecule has 2 heterocycles. The fraction of sp³-hybridized carbons (Fsp3) is 0.0476. The summed E-state index contributed by atoms with van der Waals surface area (Å²) >= 11 is 0. The van der Waals surface area contributed by atoms with Crippen LogP contribution in [0.2, 0.25) is 0 Å². The molecule has 0 saturated heterocycles. The molecule has 0 saturated carbocycles. The van der Waals surface area contributed by atoms with Crippen molar-refractivity contribution in [2.24, 2.45) is 0 Å². The number of rotatable bonds is 1. The standard InChI is InChI=1S/C21H15N3O/c1-14-8-7-12-17-19(14)22-20-16-11-5-6-13-18(16)23(24(20)21(17)25)15-9-3-2-4-10-15/h2-13H,1H3. The lowest BCUT2D eigenvalue weighted by molar-refractivity contribution is 0.794. The van der Waals surface area contributed by atoms with Crippen molar-refractivity contribution in [2.75, 3.05) is 0 Å². The van der Waals surface area contributed by atoms with E-state index in [9.17, 15) is 4.79 Å². The Balaban J connectivity index is 2.11. The average molecular weight is 325 g/mol. The second-order valence-electron chi connectivity index (χ2n) is 6.19. The quantitative estimate of drug-likeness (QED) is 0.465. The van der Waals surface area contributed by atoms with E-state index in [0.29, 0.717) is 11.0 Å². The topological polar surface area (TPSA) is 39.3 Å². The van der Waals surface area contributed by atoms with Gasteiger partial charge in [-0.3, -0.25) is 4.79 Å². The van der Waals surface area contributed by atoms with Crippen LogP contribution in [0.25, 0.3) is 33.1 Å². The van der Waals surface area contributed by atoms with E-state index in [-0.39, 0.29) is 5.56 Å². The molecular weight excluding hydrogens is 310 g/mol. The predicted molar refractivity (Wildman–Crippen MR) is 101 cm³/mol. The molecule has 0 fully saturated rings. The zero-order chi connectivity index (χ0) is 17.0. The summed E-state index contributed by atoms with van der Waals surface area (Å²) in [6.07, 6.45) is 0. The Hall–Kier alpha value is -3.40. The van der Waals surface area contributed by atoms with Gasteiger partial charge in [0, 0.05) is 5.39 Å². The number of aryl methyl sites for hydroxylation is 1. The van der Waals surface area contributed by atoms with Gasteiger partial charge in [-0.05, 0) is 42.8 Å². The summed E-state index contributed by atoms with van der Waals surface area (Å²) in [4.78, 5) is 18.2. The fourth-order valence-corrected chi connectivity index (χ4v) is 3.48. The summed E-state index contributed by atoms with van der Waals surface area (Å²) in [5, 5.41) is 1.60. The van der Waals surface area contributed by atoms with Crippen molar-refractivity contribution in [3.8, 4) is 5.69 Å². The van der Waals surface area contributed by atoms with Crippen LogP contribution in [0.1, 0.15) is 5.56 Å². The SMILES string of the molecule is Cc1cccc2c(=O)n3c(nc12)c1ccccc1n3-c1ccccc1. The lowest BCUT2D eigenvalue weighted by Crippen LogP contribution is -2.21. The minimum atomic E-state index is -0.0521. The normalized spacial score (nSPS) is 11.6. The molecule has 5 aromatic rings. The lowest BCUT2D eigenvalue weighted by atomic mass is 10.1. The van der Waals surface area contributed by atoms with Gasteiger partial charge in [0.1, 0.15) is 0 Å². The first-order valence-corrected chi connectivity index (χ1v) is 8.23. The van der Waals surface area contributed by atoms with Crippen molar-refractivity contribution in [1.82, 2.24) is 14.2 Å². The molecule has 5 rings (SSSR count). The van der Waals surface area contributed by atoms with Gasteiger partial charge < -0.3 is 0 Å². The van der Waals surface area contributed by atoms with Crippen LogP contribution in [-0.4, -0.2) is 14.2 Å². The molecule has 4 nitrogen and oxygen atoms in total. The van der Waals surface area contributed by atoms with Gasteiger partial charge in [-0.25, -0.2) is 9.67 Å². The van der Waals surface area contributed by atoms with Crippen LogP contribution >= 0.6 is 0 Å². The third-order valence-electron chi connectivity index (χ3n) is 4.65. The first-order chi connectivity index (χ1) is 12.3. The van der Waals surface area contributed by atoms with Gasteiger partial charge in [-0.2, -0.15) is 4.52 Å². The molecule has 0 unspecified atom stereocenters. The highest BCUT2D eigenvalue weighted by Gasteiger charge is 2.17. The molecule has 0 bridgehead atoms. The molecule has 0 aliphatic heterocycles. The Morgan fingerprint density at radius 2 is 1.52 bits per heavy atom. The Morgan fingerprint density at radius 1 is 0.800 bits per heavy atom. The molecule has 0 N–H and O–H groups in total. The van der Waals surface area contributed by atoms with Crippen molar-refractivity contribution in [3.05, 3.63) is 88.7 Å². The van der Waals surface area contributed by atoms with E-state index in [1.807, 2.05) is 84.4 Å². The molecule has 0 radical (unpaired) electrons. The second kappa shape index (κ2) is 5.05. The van der Waals surface area contributed by atoms with Crippen LogP contribution in [0.5, 0.6) is 0 Å². The molecule has 0 atom stereocenters. The number of hydrogen-bond donors (Lipinski definition) is 0. The molecule has 4 heteroatoms. The largest absolute Gasteiger partial charge is 0.281 e. The molecule has 2 aromatic heterocycles. The van der Waals surface area contributed by atoms with Gasteiger partial charge in [0.05, 0.1) is 22.1 Å². The smallest absolute Gasteiger partial charge is 0.267 e. The number of fused-ring (bicyclic) bond motifs is 4. The highest BCUT2D eigenvalue weighted by atomic mass is 16.1. The maximum atomic E-state index is 13.3. The lowest BCUT2D eigenvalue weighted by Gasteiger charge is -2.09. The van der Waals surface area contributed by atoms with Crippen LogP contribution in [0, 0.1) is 6.92 Å². The van der Waals surface area contributed by atoms with E-state index in [4.69, 9.17) is 4.98 Å². The average Bonchev–Trinajstić information content (AvgIpc) is 2.98. The molecule has 3 aromatic carbocycles. The Kier molecular flexibility index (Phi) is 2.82. The van der Waals surface area contributed by atoms with Crippen LogP contribution in [-0.2, 0) is 0 Å². The van der Waals surface area contributed by atoms with Crippen molar-refractivity contribution >= 4 is 27.5 Å². The predicted octanol–water partition coefficient (Wildman–Crippen LogP) is 4.10. The summed E-state index contributed by atoms with van der Waals surface area (Å²) in [6.45, 7) is 1.99. The van der Waals surface area contributed by atoms with Crippen molar-refractivity contribution < 1.29 is 0 Å². The second-order valence-corrected chi connectivity index (χ2v) is 6.19. The summed E-state index contributed by atoms with van der Waals surface area (Å²) in [7, 11) is 0. The zero-order valence-electron chi connectivity index (χ0n) is 13.7. The number of para-hydroxylation sites is 3. The van der Waals surface area contributed by atoms with Gasteiger partial charge in [-0.15, -0.1) is 0 Å². The van der Waals surface area contributed by atoms with Gasteiger partial charge >= 0.3 is 0 Å². The fourth-order valence-electron chi connectivity index (χ4n) is 3.48. The molecule has 0 aliphatic carbocycles. The Bertz CT molecular complexity index is 1310. The first kappa shape index (κ1) is 14.0. The molecule has 25 heavy (non-hydrogen) atoms. The molecule has 0 amide bonds. The van der Waals surface area contributed by atoms with Crippen LogP contribution in [0.3, 0.4) is 0 Å². The van der Waals surface area contributed by atoms with E-state index in [2.05, 4.69) is 0 Å². The molecule has 0 aliphatic rings. The summed E-state index contributed by atoms with van der Waals surface area (Å²) < 4.78 is 3.63. The molecular formula is C21H15N3O. The van der Waals surface area contributed by atoms with Crippen molar-refractivity contribution in [1.29, 1.82) is 0 Å². The van der Waals surface area contributed by atoms with Gasteiger partial charge in [0.15, 0.2) is 5.65 Å². The van der Waals surface area contributed by atoms with E-state index in [1.54, 1.807) is 4.52 Å². The van der Waals surface area contributed by atoms with Crippen LogP contribution in [0.15, 0.2) is 77.6 Å². The number of nitrogens with zero attached hydrogens (tertiary/aromatic N) is 3. The number of benzene rings is 3. The number of aromatic nitrogens is 3. The van der Waals surface area contributed by atoms with Gasteiger partial charge in [-0.1, -0.05) is 42.5 Å². The maximum Gasteiger partial charge on any atom is 0.281 e. The van der Waals surface area contributed by atoms with Gasteiger partial charge in [0.25, 0.3) is 5.56 Å². The van der Waals surface area contributed by atoms with E-state index in [1.165, 1.54) is 0 Å². The highest BCUT2D eigenvalue weighted by Crippen LogP contribution is 2.25. The summed E-state index contributed by atoms with van der Waals surface area (Å²) in [6, 6.07) is 23.6. The highest BCUT2D eigenvalue weighted by molar-refractivity contribution is 5.96. The van der Waals surface area contributed by atoms with Gasteiger partial charge in [0.2, 0.25) is 0 Å². The van der Waals surface area contributed by atoms with Crippen molar-refractivity contribution in [3.63, 3.8) is 0 Å². The first-order valence-electron chi connectivity index (χ1n) is 8.23. The number of hydrogen-bond acceptors (Lipinski definition) is 2. The van der Waals surface area contributed by atoms with Crippen LogP contribution < -0.4 is 5.56 Å². The minimum absolute atomic E-state index is 0.0521. The van der Waals surface area contributed by atoms with Crippen LogP contribution in [0.4, 0.5) is 0 Å². The molecule has 120 valence electrons.